The summed E-state index contributed by atoms with van der Waals surface area (Å²) in [6.07, 6.45) is 4.88. The molecule has 2 aromatic rings. The van der Waals surface area contributed by atoms with Crippen molar-refractivity contribution in [3.8, 4) is 5.75 Å². The van der Waals surface area contributed by atoms with Gasteiger partial charge < -0.3 is 9.52 Å². The summed E-state index contributed by atoms with van der Waals surface area (Å²) in [5, 5.41) is 10.8. The van der Waals surface area contributed by atoms with E-state index in [2.05, 4.69) is 11.8 Å². The highest BCUT2D eigenvalue weighted by molar-refractivity contribution is 5.84. The average Bonchev–Trinajstić information content (AvgIpc) is 2.52. The lowest BCUT2D eigenvalue weighted by molar-refractivity contribution is 0.136. The first kappa shape index (κ1) is 15.1. The van der Waals surface area contributed by atoms with E-state index >= 15 is 0 Å². The van der Waals surface area contributed by atoms with Crippen LogP contribution in [-0.4, -0.2) is 22.6 Å². The zero-order chi connectivity index (χ0) is 15.7. The number of fused-ring (bicyclic) bond motifs is 1. The largest absolute Gasteiger partial charge is 0.508 e. The number of hydrogen-bond acceptors (Lipinski definition) is 4. The summed E-state index contributed by atoms with van der Waals surface area (Å²) in [5.74, 6) is 0.164. The van der Waals surface area contributed by atoms with Gasteiger partial charge in [0, 0.05) is 29.6 Å². The Labute approximate surface area is 130 Å². The van der Waals surface area contributed by atoms with E-state index in [1.165, 1.54) is 19.3 Å². The molecule has 2 heterocycles. The predicted molar refractivity (Wildman–Crippen MR) is 87.2 cm³/mol. The Morgan fingerprint density at radius 1 is 1.36 bits per heavy atom. The molecule has 0 saturated carbocycles. The third kappa shape index (κ3) is 2.75. The standard InChI is InChI=1S/C18H23NO3/c1-3-14-6-4-5-9-19(14)11-13-10-17(21)22-18-12(2)16(20)8-7-15(13)18/h7-8,10,14,20H,3-6,9,11H2,1-2H3. The quantitative estimate of drug-likeness (QED) is 0.881. The molecule has 1 aromatic heterocycles. The van der Waals surface area contributed by atoms with Crippen LogP contribution in [-0.2, 0) is 6.54 Å². The topological polar surface area (TPSA) is 53.7 Å². The van der Waals surface area contributed by atoms with Crippen LogP contribution in [0.3, 0.4) is 0 Å². The molecule has 1 aliphatic rings. The van der Waals surface area contributed by atoms with Gasteiger partial charge >= 0.3 is 5.63 Å². The van der Waals surface area contributed by atoms with E-state index in [-0.39, 0.29) is 11.4 Å². The molecular weight excluding hydrogens is 278 g/mol. The molecule has 1 saturated heterocycles. The van der Waals surface area contributed by atoms with Crippen molar-refractivity contribution in [2.24, 2.45) is 0 Å². The fourth-order valence-corrected chi connectivity index (χ4v) is 3.50. The first-order valence-corrected chi connectivity index (χ1v) is 8.09. The molecule has 0 radical (unpaired) electrons. The maximum absolute atomic E-state index is 11.9. The van der Waals surface area contributed by atoms with Gasteiger partial charge in [-0.1, -0.05) is 13.3 Å². The molecule has 0 bridgehead atoms. The molecule has 1 N–H and O–H groups in total. The van der Waals surface area contributed by atoms with Gasteiger partial charge in [0.2, 0.25) is 0 Å². The van der Waals surface area contributed by atoms with Crippen LogP contribution in [0.4, 0.5) is 0 Å². The number of aromatic hydroxyl groups is 1. The molecule has 1 aromatic carbocycles. The van der Waals surface area contributed by atoms with Gasteiger partial charge in [-0.2, -0.15) is 0 Å². The lowest BCUT2D eigenvalue weighted by Crippen LogP contribution is -2.38. The van der Waals surface area contributed by atoms with Gasteiger partial charge in [-0.3, -0.25) is 4.90 Å². The Bertz CT molecular complexity index is 735. The molecule has 1 unspecified atom stereocenters. The van der Waals surface area contributed by atoms with E-state index < -0.39 is 0 Å². The van der Waals surface area contributed by atoms with E-state index in [4.69, 9.17) is 4.42 Å². The van der Waals surface area contributed by atoms with E-state index in [9.17, 15) is 9.90 Å². The molecule has 0 spiro atoms. The number of hydrogen-bond donors (Lipinski definition) is 1. The number of phenols is 1. The minimum Gasteiger partial charge on any atom is -0.508 e. The van der Waals surface area contributed by atoms with Gasteiger partial charge in [0.15, 0.2) is 0 Å². The van der Waals surface area contributed by atoms with Crippen LogP contribution in [0.1, 0.15) is 43.7 Å². The average molecular weight is 301 g/mol. The van der Waals surface area contributed by atoms with Gasteiger partial charge in [-0.05, 0) is 50.4 Å². The molecule has 1 aliphatic heterocycles. The molecule has 0 aliphatic carbocycles. The number of likely N-dealkylation sites (tertiary alicyclic amines) is 1. The second kappa shape index (κ2) is 6.13. The number of phenolic OH excluding ortho intramolecular Hbond substituents is 1. The maximum Gasteiger partial charge on any atom is 0.336 e. The highest BCUT2D eigenvalue weighted by atomic mass is 16.4. The summed E-state index contributed by atoms with van der Waals surface area (Å²) in [6, 6.07) is 5.71. The summed E-state index contributed by atoms with van der Waals surface area (Å²) in [7, 11) is 0. The van der Waals surface area contributed by atoms with Crippen LogP contribution < -0.4 is 5.63 Å². The van der Waals surface area contributed by atoms with E-state index in [1.807, 2.05) is 6.07 Å². The van der Waals surface area contributed by atoms with E-state index in [0.29, 0.717) is 17.2 Å². The Kier molecular flexibility index (Phi) is 4.21. The van der Waals surface area contributed by atoms with Crippen molar-refractivity contribution in [1.82, 2.24) is 4.90 Å². The predicted octanol–water partition coefficient (Wildman–Crippen LogP) is 3.57. The number of piperidine rings is 1. The van der Waals surface area contributed by atoms with Crippen molar-refractivity contribution in [1.29, 1.82) is 0 Å². The third-order valence-corrected chi connectivity index (χ3v) is 4.81. The number of nitrogens with zero attached hydrogens (tertiary/aromatic N) is 1. The summed E-state index contributed by atoms with van der Waals surface area (Å²) < 4.78 is 5.32. The van der Waals surface area contributed by atoms with Crippen molar-refractivity contribution >= 4 is 11.0 Å². The molecular formula is C18H23NO3. The van der Waals surface area contributed by atoms with Crippen molar-refractivity contribution in [2.45, 2.75) is 52.1 Å². The molecule has 4 heteroatoms. The Balaban J connectivity index is 2.03. The van der Waals surface area contributed by atoms with Crippen molar-refractivity contribution in [2.75, 3.05) is 6.54 Å². The molecule has 4 nitrogen and oxygen atoms in total. The second-order valence-corrected chi connectivity index (χ2v) is 6.21. The van der Waals surface area contributed by atoms with Gasteiger partial charge in [-0.15, -0.1) is 0 Å². The minimum atomic E-state index is -0.346. The smallest absolute Gasteiger partial charge is 0.336 e. The highest BCUT2D eigenvalue weighted by Gasteiger charge is 2.22. The second-order valence-electron chi connectivity index (χ2n) is 6.21. The number of aryl methyl sites for hydroxylation is 1. The van der Waals surface area contributed by atoms with Gasteiger partial charge in [-0.25, -0.2) is 4.79 Å². The lowest BCUT2D eigenvalue weighted by Gasteiger charge is -2.35. The van der Waals surface area contributed by atoms with Crippen molar-refractivity contribution < 1.29 is 9.52 Å². The Hall–Kier alpha value is -1.81. The first-order chi connectivity index (χ1) is 10.6. The fraction of sp³-hybridized carbons (Fsp3) is 0.500. The zero-order valence-electron chi connectivity index (χ0n) is 13.3. The van der Waals surface area contributed by atoms with Crippen molar-refractivity contribution in [3.63, 3.8) is 0 Å². The third-order valence-electron chi connectivity index (χ3n) is 4.81. The summed E-state index contributed by atoms with van der Waals surface area (Å²) >= 11 is 0. The minimum absolute atomic E-state index is 0.164. The van der Waals surface area contributed by atoms with Gasteiger partial charge in [0.05, 0.1) is 0 Å². The normalized spacial score (nSPS) is 19.6. The van der Waals surface area contributed by atoms with Crippen molar-refractivity contribution in [3.05, 3.63) is 39.7 Å². The highest BCUT2D eigenvalue weighted by Crippen LogP contribution is 2.29. The Morgan fingerprint density at radius 3 is 2.95 bits per heavy atom. The van der Waals surface area contributed by atoms with E-state index in [1.54, 1.807) is 19.1 Å². The summed E-state index contributed by atoms with van der Waals surface area (Å²) in [6.45, 7) is 5.85. The van der Waals surface area contributed by atoms with Gasteiger partial charge in [0.25, 0.3) is 0 Å². The Morgan fingerprint density at radius 2 is 2.18 bits per heavy atom. The molecule has 22 heavy (non-hydrogen) atoms. The van der Waals surface area contributed by atoms with Crippen LogP contribution >= 0.6 is 0 Å². The summed E-state index contributed by atoms with van der Waals surface area (Å²) in [4.78, 5) is 14.4. The molecule has 3 rings (SSSR count). The van der Waals surface area contributed by atoms with E-state index in [0.717, 1.165) is 30.5 Å². The van der Waals surface area contributed by atoms with Crippen LogP contribution in [0, 0.1) is 6.92 Å². The number of benzene rings is 1. The zero-order valence-corrected chi connectivity index (χ0v) is 13.3. The van der Waals surface area contributed by atoms with Crippen LogP contribution in [0.15, 0.2) is 27.4 Å². The lowest BCUT2D eigenvalue weighted by atomic mass is 9.98. The first-order valence-electron chi connectivity index (χ1n) is 8.09. The molecule has 0 amide bonds. The SMILES string of the molecule is CCC1CCCCN1Cc1cc(=O)oc2c(C)c(O)ccc12. The van der Waals surface area contributed by atoms with Crippen LogP contribution in [0.2, 0.25) is 0 Å². The molecule has 118 valence electrons. The molecule has 1 atom stereocenters. The summed E-state index contributed by atoms with van der Waals surface area (Å²) in [5.41, 5.74) is 1.78. The van der Waals surface area contributed by atoms with Crippen LogP contribution in [0.5, 0.6) is 5.75 Å². The van der Waals surface area contributed by atoms with Crippen LogP contribution in [0.25, 0.3) is 11.0 Å². The fourth-order valence-electron chi connectivity index (χ4n) is 3.50. The monoisotopic (exact) mass is 301 g/mol. The molecule has 1 fully saturated rings. The number of rotatable bonds is 3. The maximum atomic E-state index is 11.9. The van der Waals surface area contributed by atoms with Gasteiger partial charge in [0.1, 0.15) is 11.3 Å².